The second-order valence-corrected chi connectivity index (χ2v) is 4.04. The van der Waals surface area contributed by atoms with E-state index in [2.05, 4.69) is 4.98 Å². The summed E-state index contributed by atoms with van der Waals surface area (Å²) >= 11 is 1.61. The third-order valence-corrected chi connectivity index (χ3v) is 2.79. The Labute approximate surface area is 75.6 Å². The minimum Gasteiger partial charge on any atom is -0.379 e. The van der Waals surface area contributed by atoms with Gasteiger partial charge in [0.25, 0.3) is 0 Å². The second-order valence-electron chi connectivity index (χ2n) is 3.32. The minimum absolute atomic E-state index is 0.159. The third-order valence-electron chi connectivity index (χ3n) is 2.15. The number of nitrogens with zero attached hydrogens (tertiary/aromatic N) is 1. The number of thiazole rings is 1. The molecule has 1 atom stereocenters. The molecule has 0 aromatic carbocycles. The summed E-state index contributed by atoms with van der Waals surface area (Å²) in [6.45, 7) is 1.46. The van der Waals surface area contributed by atoms with Crippen LogP contribution in [0.15, 0.2) is 10.9 Å². The zero-order chi connectivity index (χ0) is 8.44. The zero-order valence-corrected chi connectivity index (χ0v) is 7.64. The van der Waals surface area contributed by atoms with Crippen LogP contribution < -0.4 is 5.73 Å². The Morgan fingerprint density at radius 3 is 3.25 bits per heavy atom. The summed E-state index contributed by atoms with van der Waals surface area (Å²) in [5.74, 6) is 0. The average Bonchev–Trinajstić information content (AvgIpc) is 2.62. The molecule has 4 heteroatoms. The number of aromatic nitrogens is 1. The van der Waals surface area contributed by atoms with Gasteiger partial charge in [-0.25, -0.2) is 4.98 Å². The van der Waals surface area contributed by atoms with E-state index in [9.17, 15) is 0 Å². The van der Waals surface area contributed by atoms with Crippen molar-refractivity contribution in [1.82, 2.24) is 4.98 Å². The SMILES string of the molecule is NC1(Cc2cscn2)CCOC1. The van der Waals surface area contributed by atoms with Crippen LogP contribution in [-0.2, 0) is 11.2 Å². The Hall–Kier alpha value is -0.450. The highest BCUT2D eigenvalue weighted by Gasteiger charge is 2.30. The largest absolute Gasteiger partial charge is 0.379 e. The lowest BCUT2D eigenvalue weighted by Gasteiger charge is -2.19. The van der Waals surface area contributed by atoms with E-state index >= 15 is 0 Å². The Bertz CT molecular complexity index is 242. The van der Waals surface area contributed by atoms with Crippen molar-refractivity contribution < 1.29 is 4.74 Å². The molecule has 12 heavy (non-hydrogen) atoms. The van der Waals surface area contributed by atoms with Crippen LogP contribution in [0, 0.1) is 0 Å². The van der Waals surface area contributed by atoms with Crippen LogP contribution in [0.2, 0.25) is 0 Å². The maximum absolute atomic E-state index is 6.09. The standard InChI is InChI=1S/C8H12N2OS/c9-8(1-2-11-5-8)3-7-4-12-6-10-7/h4,6H,1-3,5,9H2. The summed E-state index contributed by atoms with van der Waals surface area (Å²) in [4.78, 5) is 4.21. The van der Waals surface area contributed by atoms with E-state index in [1.807, 2.05) is 10.9 Å². The fourth-order valence-electron chi connectivity index (χ4n) is 1.45. The highest BCUT2D eigenvalue weighted by Crippen LogP contribution is 2.20. The normalized spacial score (nSPS) is 29.4. The van der Waals surface area contributed by atoms with Gasteiger partial charge in [0.2, 0.25) is 0 Å². The van der Waals surface area contributed by atoms with Gasteiger partial charge in [-0.1, -0.05) is 0 Å². The van der Waals surface area contributed by atoms with E-state index in [-0.39, 0.29) is 5.54 Å². The monoisotopic (exact) mass is 184 g/mol. The number of ether oxygens (including phenoxy) is 1. The van der Waals surface area contributed by atoms with Crippen molar-refractivity contribution in [3.8, 4) is 0 Å². The molecule has 0 spiro atoms. The van der Waals surface area contributed by atoms with Gasteiger partial charge in [-0.3, -0.25) is 0 Å². The molecule has 1 unspecified atom stereocenters. The highest BCUT2D eigenvalue weighted by atomic mass is 32.1. The van der Waals surface area contributed by atoms with Gasteiger partial charge < -0.3 is 10.5 Å². The van der Waals surface area contributed by atoms with Gasteiger partial charge in [0.1, 0.15) is 0 Å². The fourth-order valence-corrected chi connectivity index (χ4v) is 2.01. The Morgan fingerprint density at radius 1 is 1.75 bits per heavy atom. The van der Waals surface area contributed by atoms with Crippen LogP contribution >= 0.6 is 11.3 Å². The molecule has 1 aromatic heterocycles. The van der Waals surface area contributed by atoms with E-state index in [0.29, 0.717) is 6.61 Å². The molecule has 0 radical (unpaired) electrons. The van der Waals surface area contributed by atoms with Crippen LogP contribution in [-0.4, -0.2) is 23.7 Å². The van der Waals surface area contributed by atoms with Gasteiger partial charge in [0, 0.05) is 23.9 Å². The second kappa shape index (κ2) is 3.12. The molecule has 1 aromatic rings. The molecular weight excluding hydrogens is 172 g/mol. The number of rotatable bonds is 2. The summed E-state index contributed by atoms with van der Waals surface area (Å²) < 4.78 is 5.26. The van der Waals surface area contributed by atoms with Crippen molar-refractivity contribution in [3.63, 3.8) is 0 Å². The number of nitrogens with two attached hydrogens (primary N) is 1. The minimum atomic E-state index is -0.159. The maximum Gasteiger partial charge on any atom is 0.0794 e. The lowest BCUT2D eigenvalue weighted by Crippen LogP contribution is -2.42. The summed E-state index contributed by atoms with van der Waals surface area (Å²) in [5, 5.41) is 2.05. The van der Waals surface area contributed by atoms with E-state index < -0.39 is 0 Å². The molecule has 1 fully saturated rings. The van der Waals surface area contributed by atoms with Crippen molar-refractivity contribution in [1.29, 1.82) is 0 Å². The molecule has 1 aliphatic rings. The molecular formula is C8H12N2OS. The highest BCUT2D eigenvalue weighted by molar-refractivity contribution is 7.07. The Kier molecular flexibility index (Phi) is 2.12. The molecule has 0 bridgehead atoms. The lowest BCUT2D eigenvalue weighted by molar-refractivity contribution is 0.178. The quantitative estimate of drug-likeness (QED) is 0.739. The first-order chi connectivity index (χ1) is 5.79. The Morgan fingerprint density at radius 2 is 2.67 bits per heavy atom. The lowest BCUT2D eigenvalue weighted by atomic mass is 9.94. The summed E-state index contributed by atoms with van der Waals surface area (Å²) in [6, 6.07) is 0. The molecule has 0 aliphatic carbocycles. The first-order valence-corrected chi connectivity index (χ1v) is 4.96. The van der Waals surface area contributed by atoms with Gasteiger partial charge in [-0.15, -0.1) is 11.3 Å². The predicted octanol–water partition coefficient (Wildman–Crippen LogP) is 0.803. The Balaban J connectivity index is 2.02. The average molecular weight is 184 g/mol. The van der Waals surface area contributed by atoms with Gasteiger partial charge in [0.15, 0.2) is 0 Å². The molecule has 2 heterocycles. The van der Waals surface area contributed by atoms with Crippen molar-refractivity contribution in [2.45, 2.75) is 18.4 Å². The topological polar surface area (TPSA) is 48.1 Å². The van der Waals surface area contributed by atoms with Crippen molar-refractivity contribution in [2.75, 3.05) is 13.2 Å². The van der Waals surface area contributed by atoms with E-state index in [4.69, 9.17) is 10.5 Å². The van der Waals surface area contributed by atoms with Crippen LogP contribution in [0.3, 0.4) is 0 Å². The summed E-state index contributed by atoms with van der Waals surface area (Å²) in [7, 11) is 0. The number of hydrogen-bond acceptors (Lipinski definition) is 4. The first kappa shape index (κ1) is 8.16. The molecule has 2 rings (SSSR count). The first-order valence-electron chi connectivity index (χ1n) is 4.02. The van der Waals surface area contributed by atoms with Gasteiger partial charge in [0.05, 0.1) is 17.8 Å². The van der Waals surface area contributed by atoms with Crippen LogP contribution in [0.4, 0.5) is 0 Å². The third kappa shape index (κ3) is 1.65. The predicted molar refractivity (Wildman–Crippen MR) is 48.2 cm³/mol. The van der Waals surface area contributed by atoms with Crippen molar-refractivity contribution in [2.24, 2.45) is 5.73 Å². The molecule has 2 N–H and O–H groups in total. The fraction of sp³-hybridized carbons (Fsp3) is 0.625. The van der Waals surface area contributed by atoms with E-state index in [1.54, 1.807) is 11.3 Å². The summed E-state index contributed by atoms with van der Waals surface area (Å²) in [6.07, 6.45) is 1.79. The molecule has 66 valence electrons. The van der Waals surface area contributed by atoms with Gasteiger partial charge >= 0.3 is 0 Å². The molecule has 1 aliphatic heterocycles. The van der Waals surface area contributed by atoms with Crippen LogP contribution in [0.25, 0.3) is 0 Å². The molecule has 0 amide bonds. The van der Waals surface area contributed by atoms with Crippen LogP contribution in [0.1, 0.15) is 12.1 Å². The van der Waals surface area contributed by atoms with Gasteiger partial charge in [-0.05, 0) is 6.42 Å². The van der Waals surface area contributed by atoms with E-state index in [0.717, 1.165) is 25.1 Å². The maximum atomic E-state index is 6.09. The zero-order valence-electron chi connectivity index (χ0n) is 6.82. The molecule has 3 nitrogen and oxygen atoms in total. The van der Waals surface area contributed by atoms with Crippen LogP contribution in [0.5, 0.6) is 0 Å². The smallest absolute Gasteiger partial charge is 0.0794 e. The van der Waals surface area contributed by atoms with Crippen molar-refractivity contribution >= 4 is 11.3 Å². The van der Waals surface area contributed by atoms with Gasteiger partial charge in [-0.2, -0.15) is 0 Å². The van der Waals surface area contributed by atoms with Crippen molar-refractivity contribution in [3.05, 3.63) is 16.6 Å². The molecule has 0 saturated carbocycles. The van der Waals surface area contributed by atoms with E-state index in [1.165, 1.54) is 0 Å². The number of hydrogen-bond donors (Lipinski definition) is 1. The summed E-state index contributed by atoms with van der Waals surface area (Å²) in [5.41, 5.74) is 8.86. The molecule has 1 saturated heterocycles.